The first-order valence-electron chi connectivity index (χ1n) is 6.77. The molecule has 1 heterocycles. The summed E-state index contributed by atoms with van der Waals surface area (Å²) < 4.78 is 11.8. The maximum Gasteiger partial charge on any atom is 0.0993 e. The third-order valence-corrected chi connectivity index (χ3v) is 3.53. The van der Waals surface area contributed by atoms with E-state index in [1.807, 2.05) is 24.3 Å². The maximum atomic E-state index is 6.01. The minimum atomic E-state index is -0.204. The lowest BCUT2D eigenvalue weighted by molar-refractivity contribution is 0.0121. The van der Waals surface area contributed by atoms with Gasteiger partial charge in [0.05, 0.1) is 31.0 Å². The van der Waals surface area contributed by atoms with Crippen LogP contribution >= 0.6 is 0 Å². The van der Waals surface area contributed by atoms with Crippen molar-refractivity contribution in [3.63, 3.8) is 0 Å². The van der Waals surface area contributed by atoms with E-state index < -0.39 is 0 Å². The van der Waals surface area contributed by atoms with Crippen LogP contribution in [-0.2, 0) is 16.1 Å². The summed E-state index contributed by atoms with van der Waals surface area (Å²) in [5.74, 6) is 0. The lowest BCUT2D eigenvalue weighted by Crippen LogP contribution is -2.49. The van der Waals surface area contributed by atoms with Gasteiger partial charge in [0.1, 0.15) is 0 Å². The molecule has 1 aromatic carbocycles. The van der Waals surface area contributed by atoms with E-state index in [1.54, 1.807) is 0 Å². The average Bonchev–Trinajstić information content (AvgIpc) is 2.70. The first-order valence-corrected chi connectivity index (χ1v) is 6.77. The fourth-order valence-electron chi connectivity index (χ4n) is 2.44. The Morgan fingerprint density at radius 2 is 2.16 bits per heavy atom. The zero-order valence-electron chi connectivity index (χ0n) is 11.8. The highest BCUT2D eigenvalue weighted by Gasteiger charge is 2.43. The van der Waals surface area contributed by atoms with Crippen LogP contribution in [0.25, 0.3) is 0 Å². The van der Waals surface area contributed by atoms with Gasteiger partial charge in [0.2, 0.25) is 0 Å². The van der Waals surface area contributed by atoms with Gasteiger partial charge in [-0.2, -0.15) is 0 Å². The fraction of sp³-hybridized carbons (Fsp3) is 0.500. The average molecular weight is 261 g/mol. The number of ether oxygens (including phenoxy) is 2. The molecule has 19 heavy (non-hydrogen) atoms. The van der Waals surface area contributed by atoms with E-state index in [-0.39, 0.29) is 17.7 Å². The molecule has 0 unspecified atom stereocenters. The first-order chi connectivity index (χ1) is 9.13. The van der Waals surface area contributed by atoms with E-state index in [0.29, 0.717) is 13.2 Å². The summed E-state index contributed by atoms with van der Waals surface area (Å²) in [4.78, 5) is 0. The zero-order valence-corrected chi connectivity index (χ0v) is 11.8. The molecule has 1 fully saturated rings. The summed E-state index contributed by atoms with van der Waals surface area (Å²) >= 11 is 0. The number of hydrogen-bond donors (Lipinski definition) is 1. The third kappa shape index (κ3) is 3.66. The third-order valence-electron chi connectivity index (χ3n) is 3.53. The molecule has 104 valence electrons. The van der Waals surface area contributed by atoms with Crippen LogP contribution in [0, 0.1) is 0 Å². The molecule has 0 aliphatic carbocycles. The molecule has 1 N–H and O–H groups in total. The van der Waals surface area contributed by atoms with Crippen molar-refractivity contribution in [2.24, 2.45) is 0 Å². The Balaban J connectivity index is 1.93. The Bertz CT molecular complexity index is 402. The van der Waals surface area contributed by atoms with Crippen LogP contribution in [0.3, 0.4) is 0 Å². The van der Waals surface area contributed by atoms with Crippen LogP contribution in [0.5, 0.6) is 0 Å². The van der Waals surface area contributed by atoms with Crippen molar-refractivity contribution in [3.8, 4) is 0 Å². The molecule has 0 aromatic heterocycles. The molecule has 0 bridgehead atoms. The normalized spacial score (nSPS) is 25.4. The van der Waals surface area contributed by atoms with Gasteiger partial charge in [-0.05, 0) is 19.4 Å². The first kappa shape index (κ1) is 14.3. The molecule has 1 saturated heterocycles. The fourth-order valence-corrected chi connectivity index (χ4v) is 2.44. The van der Waals surface area contributed by atoms with Crippen LogP contribution < -0.4 is 5.32 Å². The Hall–Kier alpha value is -1.16. The van der Waals surface area contributed by atoms with Gasteiger partial charge in [-0.15, -0.1) is 6.58 Å². The molecule has 0 amide bonds. The van der Waals surface area contributed by atoms with Crippen LogP contribution in [0.2, 0.25) is 0 Å². The Labute approximate surface area is 115 Å². The lowest BCUT2D eigenvalue weighted by Gasteiger charge is -2.29. The van der Waals surface area contributed by atoms with Crippen molar-refractivity contribution < 1.29 is 9.47 Å². The van der Waals surface area contributed by atoms with Crippen LogP contribution in [-0.4, -0.2) is 30.9 Å². The van der Waals surface area contributed by atoms with Gasteiger partial charge >= 0.3 is 0 Å². The van der Waals surface area contributed by atoms with E-state index in [2.05, 4.69) is 37.9 Å². The summed E-state index contributed by atoms with van der Waals surface area (Å²) in [5, 5.41) is 3.44. The minimum Gasteiger partial charge on any atom is -0.371 e. The number of hydrogen-bond acceptors (Lipinski definition) is 3. The van der Waals surface area contributed by atoms with E-state index in [1.165, 1.54) is 5.56 Å². The molecule has 1 aliphatic rings. The van der Waals surface area contributed by atoms with Gasteiger partial charge in [0.15, 0.2) is 0 Å². The Morgan fingerprint density at radius 1 is 1.42 bits per heavy atom. The smallest absolute Gasteiger partial charge is 0.0993 e. The van der Waals surface area contributed by atoms with Crippen molar-refractivity contribution in [1.29, 1.82) is 0 Å². The van der Waals surface area contributed by atoms with Crippen molar-refractivity contribution in [2.45, 2.75) is 38.2 Å². The minimum absolute atomic E-state index is 0.0788. The predicted octanol–water partition coefficient (Wildman–Crippen LogP) is 2.52. The Morgan fingerprint density at radius 3 is 2.84 bits per heavy atom. The van der Waals surface area contributed by atoms with E-state index in [0.717, 1.165) is 6.54 Å². The highest BCUT2D eigenvalue weighted by Crippen LogP contribution is 2.28. The monoisotopic (exact) mass is 261 g/mol. The summed E-state index contributed by atoms with van der Waals surface area (Å²) in [5.41, 5.74) is 0.986. The van der Waals surface area contributed by atoms with E-state index >= 15 is 0 Å². The molecule has 1 aromatic rings. The molecule has 0 radical (unpaired) electrons. The van der Waals surface area contributed by atoms with E-state index in [9.17, 15) is 0 Å². The van der Waals surface area contributed by atoms with Crippen LogP contribution in [0.15, 0.2) is 43.0 Å². The van der Waals surface area contributed by atoms with Gasteiger partial charge < -0.3 is 14.8 Å². The second kappa shape index (κ2) is 6.33. The maximum absolute atomic E-state index is 6.01. The molecule has 0 saturated carbocycles. The molecule has 3 nitrogen and oxygen atoms in total. The predicted molar refractivity (Wildman–Crippen MR) is 77.0 cm³/mol. The Kier molecular flexibility index (Phi) is 4.75. The molecule has 2 rings (SSSR count). The number of rotatable bonds is 6. The van der Waals surface area contributed by atoms with Crippen molar-refractivity contribution in [3.05, 3.63) is 48.6 Å². The molecule has 1 aliphatic heterocycles. The van der Waals surface area contributed by atoms with Crippen molar-refractivity contribution in [1.82, 2.24) is 5.32 Å². The van der Waals surface area contributed by atoms with Gasteiger partial charge in [0, 0.05) is 6.54 Å². The quantitative estimate of drug-likeness (QED) is 0.798. The zero-order chi connectivity index (χ0) is 13.7. The molecular formula is C16H23NO2. The molecule has 3 heteroatoms. The molecule has 2 atom stereocenters. The van der Waals surface area contributed by atoms with Gasteiger partial charge in [-0.25, -0.2) is 0 Å². The molecular weight excluding hydrogens is 238 g/mol. The largest absolute Gasteiger partial charge is 0.371 e. The number of nitrogens with one attached hydrogen (secondary N) is 1. The van der Waals surface area contributed by atoms with Crippen LogP contribution in [0.4, 0.5) is 0 Å². The van der Waals surface area contributed by atoms with Gasteiger partial charge in [-0.1, -0.05) is 36.4 Å². The second-order valence-electron chi connectivity index (χ2n) is 5.42. The van der Waals surface area contributed by atoms with Gasteiger partial charge in [-0.3, -0.25) is 0 Å². The topological polar surface area (TPSA) is 30.5 Å². The summed E-state index contributed by atoms with van der Waals surface area (Å²) in [6.45, 7) is 9.96. The highest BCUT2D eigenvalue weighted by molar-refractivity contribution is 5.13. The summed E-state index contributed by atoms with van der Waals surface area (Å²) in [7, 11) is 0. The van der Waals surface area contributed by atoms with Gasteiger partial charge in [0.25, 0.3) is 0 Å². The SMILES string of the molecule is C=CCN[C@H]1[C@H](OCc2ccccc2)COC1(C)C. The summed E-state index contributed by atoms with van der Waals surface area (Å²) in [6.07, 6.45) is 1.94. The van der Waals surface area contributed by atoms with E-state index in [4.69, 9.17) is 9.47 Å². The highest BCUT2D eigenvalue weighted by atomic mass is 16.6. The lowest BCUT2D eigenvalue weighted by atomic mass is 9.97. The molecule has 0 spiro atoms. The van der Waals surface area contributed by atoms with Crippen molar-refractivity contribution >= 4 is 0 Å². The van der Waals surface area contributed by atoms with Crippen LogP contribution in [0.1, 0.15) is 19.4 Å². The standard InChI is InChI=1S/C16H23NO2/c1-4-10-17-15-14(12-19-16(15,2)3)18-11-13-8-6-5-7-9-13/h4-9,14-15,17H,1,10-12H2,2-3H3/t14-,15+/m1/s1. The summed E-state index contributed by atoms with van der Waals surface area (Å²) in [6, 6.07) is 10.4. The van der Waals surface area contributed by atoms with Crippen molar-refractivity contribution in [2.75, 3.05) is 13.2 Å². The second-order valence-corrected chi connectivity index (χ2v) is 5.42. The number of benzene rings is 1.